The number of phosphoric ester groups is 2. The molecule has 0 amide bonds. The smallest absolute Gasteiger partial charge is 0.462 e. The van der Waals surface area contributed by atoms with Crippen LogP contribution in [0.5, 0.6) is 0 Å². The summed E-state index contributed by atoms with van der Waals surface area (Å²) in [5, 5.41) is 10.6. The molecule has 5 atom stereocenters. The largest absolute Gasteiger partial charge is 0.472 e. The third-order valence-corrected chi connectivity index (χ3v) is 19.5. The molecule has 0 saturated heterocycles. The van der Waals surface area contributed by atoms with Crippen LogP contribution in [0.2, 0.25) is 0 Å². The number of esters is 4. The molecule has 0 rings (SSSR count). The van der Waals surface area contributed by atoms with Crippen molar-refractivity contribution in [1.29, 1.82) is 0 Å². The molecule has 3 N–H and O–H groups in total. The van der Waals surface area contributed by atoms with Gasteiger partial charge in [-0.2, -0.15) is 0 Å². The van der Waals surface area contributed by atoms with Gasteiger partial charge >= 0.3 is 39.5 Å². The van der Waals surface area contributed by atoms with Crippen molar-refractivity contribution in [2.75, 3.05) is 39.6 Å². The molecule has 0 fully saturated rings. The van der Waals surface area contributed by atoms with E-state index in [0.29, 0.717) is 37.5 Å². The van der Waals surface area contributed by atoms with Gasteiger partial charge in [-0.1, -0.05) is 337 Å². The molecule has 0 heterocycles. The quantitative estimate of drug-likeness (QED) is 0.0222. The molecule has 19 heteroatoms. The number of carbonyl (C=O) groups excluding carboxylic acids is 4. The van der Waals surface area contributed by atoms with Crippen molar-refractivity contribution in [3.63, 3.8) is 0 Å². The van der Waals surface area contributed by atoms with Crippen molar-refractivity contribution in [2.45, 2.75) is 407 Å². The summed E-state index contributed by atoms with van der Waals surface area (Å²) in [6, 6.07) is 0. The molecule has 0 aromatic carbocycles. The van der Waals surface area contributed by atoms with Gasteiger partial charge in [0, 0.05) is 25.7 Å². The van der Waals surface area contributed by atoms with Crippen molar-refractivity contribution in [1.82, 2.24) is 0 Å². The van der Waals surface area contributed by atoms with Gasteiger partial charge in [-0.25, -0.2) is 9.13 Å². The maximum absolute atomic E-state index is 13.1. The summed E-state index contributed by atoms with van der Waals surface area (Å²) in [5.41, 5.74) is 0. The maximum Gasteiger partial charge on any atom is 0.472 e. The number of unbranched alkanes of at least 4 members (excludes halogenated alkanes) is 42. The minimum absolute atomic E-state index is 0.101. The topological polar surface area (TPSA) is 237 Å². The van der Waals surface area contributed by atoms with E-state index in [0.717, 1.165) is 102 Å². The fourth-order valence-electron chi connectivity index (χ4n) is 11.6. The van der Waals surface area contributed by atoms with Crippen LogP contribution in [0.4, 0.5) is 0 Å². The molecular formula is C76H148O17P2. The zero-order chi connectivity index (χ0) is 70.1. The van der Waals surface area contributed by atoms with E-state index in [4.69, 9.17) is 37.0 Å². The Morgan fingerprint density at radius 1 is 0.284 bits per heavy atom. The lowest BCUT2D eigenvalue weighted by Gasteiger charge is -2.21. The normalized spacial score (nSPS) is 14.1. The third kappa shape index (κ3) is 70.3. The molecule has 564 valence electrons. The Morgan fingerprint density at radius 2 is 0.484 bits per heavy atom. The number of ether oxygens (including phenoxy) is 4. The van der Waals surface area contributed by atoms with Crippen LogP contribution in [-0.4, -0.2) is 96.7 Å². The molecule has 0 aromatic heterocycles. The first-order valence-electron chi connectivity index (χ1n) is 39.3. The van der Waals surface area contributed by atoms with Gasteiger partial charge in [0.15, 0.2) is 12.2 Å². The molecule has 0 radical (unpaired) electrons. The second kappa shape index (κ2) is 66.6. The van der Waals surface area contributed by atoms with Crippen LogP contribution < -0.4 is 0 Å². The monoisotopic (exact) mass is 1400 g/mol. The molecule has 2 unspecified atom stereocenters. The highest BCUT2D eigenvalue weighted by molar-refractivity contribution is 7.47. The lowest BCUT2D eigenvalue weighted by molar-refractivity contribution is -0.161. The number of carbonyl (C=O) groups is 4. The Morgan fingerprint density at radius 3 is 0.716 bits per heavy atom. The van der Waals surface area contributed by atoms with Gasteiger partial charge in [0.25, 0.3) is 0 Å². The van der Waals surface area contributed by atoms with Crippen LogP contribution in [0, 0.1) is 17.8 Å². The molecular weight excluding hydrogens is 1250 g/mol. The first kappa shape index (κ1) is 93.1. The third-order valence-electron chi connectivity index (χ3n) is 17.6. The van der Waals surface area contributed by atoms with Crippen LogP contribution in [-0.2, 0) is 65.4 Å². The Labute approximate surface area is 581 Å². The molecule has 0 aromatic rings. The Balaban J connectivity index is 5.17. The number of hydrogen-bond acceptors (Lipinski definition) is 15. The van der Waals surface area contributed by atoms with Crippen LogP contribution in [0.25, 0.3) is 0 Å². The first-order valence-corrected chi connectivity index (χ1v) is 42.3. The van der Waals surface area contributed by atoms with Crippen molar-refractivity contribution in [3.05, 3.63) is 0 Å². The van der Waals surface area contributed by atoms with E-state index in [1.165, 1.54) is 193 Å². The van der Waals surface area contributed by atoms with E-state index >= 15 is 0 Å². The fraction of sp³-hybridized carbons (Fsp3) is 0.947. The molecule has 0 aliphatic carbocycles. The number of aliphatic hydroxyl groups excluding tert-OH is 1. The molecule has 0 bridgehead atoms. The van der Waals surface area contributed by atoms with E-state index < -0.39 is 97.5 Å². The molecule has 0 spiro atoms. The van der Waals surface area contributed by atoms with Gasteiger partial charge in [0.1, 0.15) is 19.3 Å². The van der Waals surface area contributed by atoms with Crippen LogP contribution in [0.1, 0.15) is 389 Å². The van der Waals surface area contributed by atoms with Gasteiger partial charge in [0.2, 0.25) is 0 Å². The zero-order valence-electron chi connectivity index (χ0n) is 62.1. The van der Waals surface area contributed by atoms with Crippen LogP contribution >= 0.6 is 15.6 Å². The van der Waals surface area contributed by atoms with Crippen molar-refractivity contribution in [3.8, 4) is 0 Å². The summed E-state index contributed by atoms with van der Waals surface area (Å²) >= 11 is 0. The van der Waals surface area contributed by atoms with Gasteiger partial charge < -0.3 is 33.8 Å². The molecule has 0 saturated carbocycles. The summed E-state index contributed by atoms with van der Waals surface area (Å²) < 4.78 is 68.4. The summed E-state index contributed by atoms with van der Waals surface area (Å²) in [7, 11) is -9.91. The standard InChI is InChI=1S/C76H148O17P2/c1-8-9-10-11-12-13-14-15-16-22-25-28-31-34-43-50-57-73(78)86-63-71(92-75(80)59-52-45-35-32-29-26-23-20-18-17-19-21-24-27-30-33-40-47-54-67(2)3)65-90-94(82,83)88-61-70(77)62-89-95(84,85)91-66-72(93-76(81)60-53-46-39-37-42-49-56-69(6)7)64-87-74(79)58-51-44-38-36-41-48-55-68(4)5/h67-72,77H,8-66H2,1-7H3,(H,82,83)(H,84,85)/t70-,71-,72-/m1/s1. The maximum atomic E-state index is 13.1. The Hall–Kier alpha value is -1.94. The number of hydrogen-bond donors (Lipinski definition) is 3. The number of aliphatic hydroxyl groups is 1. The van der Waals surface area contributed by atoms with Gasteiger partial charge in [-0.3, -0.25) is 37.3 Å². The summed E-state index contributed by atoms with van der Waals surface area (Å²) in [6.45, 7) is 11.8. The minimum Gasteiger partial charge on any atom is -0.462 e. The second-order valence-electron chi connectivity index (χ2n) is 28.8. The average Bonchev–Trinajstić information content (AvgIpc) is 2.50. The lowest BCUT2D eigenvalue weighted by atomic mass is 10.0. The number of phosphoric acid groups is 2. The van der Waals surface area contributed by atoms with Crippen LogP contribution in [0.3, 0.4) is 0 Å². The second-order valence-corrected chi connectivity index (χ2v) is 31.7. The molecule has 95 heavy (non-hydrogen) atoms. The van der Waals surface area contributed by atoms with Crippen LogP contribution in [0.15, 0.2) is 0 Å². The average molecular weight is 1400 g/mol. The predicted molar refractivity (Wildman–Crippen MR) is 386 cm³/mol. The summed E-state index contributed by atoms with van der Waals surface area (Å²) in [5.74, 6) is 0.0441. The van der Waals surface area contributed by atoms with Gasteiger partial charge in [0.05, 0.1) is 26.4 Å². The molecule has 17 nitrogen and oxygen atoms in total. The summed E-state index contributed by atoms with van der Waals surface area (Å²) in [4.78, 5) is 72.7. The lowest BCUT2D eigenvalue weighted by Crippen LogP contribution is -2.30. The van der Waals surface area contributed by atoms with E-state index in [1.807, 2.05) is 0 Å². The van der Waals surface area contributed by atoms with E-state index in [-0.39, 0.29) is 25.7 Å². The van der Waals surface area contributed by atoms with Crippen molar-refractivity contribution >= 4 is 39.5 Å². The van der Waals surface area contributed by atoms with Crippen molar-refractivity contribution < 1.29 is 80.2 Å². The van der Waals surface area contributed by atoms with E-state index in [9.17, 15) is 43.2 Å². The van der Waals surface area contributed by atoms with E-state index in [2.05, 4.69) is 48.5 Å². The SMILES string of the molecule is CCCCCCCCCCCCCCCCCCC(=O)OC[C@H](COP(=O)(O)OC[C@@H](O)COP(=O)(O)OC[C@@H](COC(=O)CCCCCCCCC(C)C)OC(=O)CCCCCCCCC(C)C)OC(=O)CCCCCCCCCCCCCCCCCCCCC(C)C. The first-order chi connectivity index (χ1) is 45.7. The highest BCUT2D eigenvalue weighted by Crippen LogP contribution is 2.45. The van der Waals surface area contributed by atoms with Crippen molar-refractivity contribution in [2.24, 2.45) is 17.8 Å². The van der Waals surface area contributed by atoms with Gasteiger partial charge in [-0.05, 0) is 43.4 Å². The minimum atomic E-state index is -4.96. The predicted octanol–water partition coefficient (Wildman–Crippen LogP) is 22.2. The Bertz CT molecular complexity index is 1850. The highest BCUT2D eigenvalue weighted by atomic mass is 31.2. The Kier molecular flexibility index (Phi) is 65.2. The highest BCUT2D eigenvalue weighted by Gasteiger charge is 2.30. The molecule has 0 aliphatic rings. The zero-order valence-corrected chi connectivity index (χ0v) is 63.9. The summed E-state index contributed by atoms with van der Waals surface area (Å²) in [6.07, 6.45) is 53.2. The number of rotatable bonds is 74. The molecule has 0 aliphatic heterocycles. The van der Waals surface area contributed by atoms with Gasteiger partial charge in [-0.15, -0.1) is 0 Å². The van der Waals surface area contributed by atoms with E-state index in [1.54, 1.807) is 0 Å². The fourth-order valence-corrected chi connectivity index (χ4v) is 13.2.